The molecule has 1 aliphatic rings. The molecule has 94 valence electrons. The SMILES string of the molecule is Cc1cc(C)cc(NC2=C(C(=O)O)C(=O)CO2)c1. The Morgan fingerprint density at radius 1 is 1.28 bits per heavy atom. The summed E-state index contributed by atoms with van der Waals surface area (Å²) in [4.78, 5) is 22.3. The molecule has 5 nitrogen and oxygen atoms in total. The number of hydrogen-bond donors (Lipinski definition) is 2. The Hall–Kier alpha value is -2.30. The first-order chi connectivity index (χ1) is 8.47. The maximum Gasteiger partial charge on any atom is 0.344 e. The van der Waals surface area contributed by atoms with Gasteiger partial charge in [0.05, 0.1) is 0 Å². The third-order valence-electron chi connectivity index (χ3n) is 2.55. The zero-order chi connectivity index (χ0) is 13.3. The van der Waals surface area contributed by atoms with E-state index in [4.69, 9.17) is 9.84 Å². The number of ketones is 1. The van der Waals surface area contributed by atoms with Gasteiger partial charge in [-0.3, -0.25) is 4.79 Å². The maximum atomic E-state index is 11.3. The highest BCUT2D eigenvalue weighted by Gasteiger charge is 2.30. The van der Waals surface area contributed by atoms with Gasteiger partial charge in [-0.05, 0) is 37.1 Å². The van der Waals surface area contributed by atoms with E-state index in [1.54, 1.807) is 0 Å². The molecule has 2 rings (SSSR count). The van der Waals surface area contributed by atoms with Gasteiger partial charge in [0, 0.05) is 5.69 Å². The van der Waals surface area contributed by atoms with Crippen LogP contribution in [0.1, 0.15) is 11.1 Å². The van der Waals surface area contributed by atoms with Crippen molar-refractivity contribution in [1.82, 2.24) is 0 Å². The van der Waals surface area contributed by atoms with Crippen LogP contribution in [0, 0.1) is 13.8 Å². The van der Waals surface area contributed by atoms with Crippen molar-refractivity contribution in [2.75, 3.05) is 11.9 Å². The van der Waals surface area contributed by atoms with Crippen LogP contribution in [0.3, 0.4) is 0 Å². The highest BCUT2D eigenvalue weighted by molar-refractivity contribution is 6.19. The van der Waals surface area contributed by atoms with Crippen molar-refractivity contribution in [2.45, 2.75) is 13.8 Å². The van der Waals surface area contributed by atoms with Crippen molar-refractivity contribution in [3.8, 4) is 0 Å². The highest BCUT2D eigenvalue weighted by atomic mass is 16.5. The third-order valence-corrected chi connectivity index (χ3v) is 2.55. The molecule has 0 aliphatic carbocycles. The van der Waals surface area contributed by atoms with Crippen molar-refractivity contribution in [1.29, 1.82) is 0 Å². The highest BCUT2D eigenvalue weighted by Crippen LogP contribution is 2.21. The standard InChI is InChI=1S/C13H13NO4/c1-7-3-8(2)5-9(4-7)14-12-11(13(16)17)10(15)6-18-12/h3-5,14H,6H2,1-2H3,(H,16,17). The Labute approximate surface area is 104 Å². The predicted molar refractivity (Wildman–Crippen MR) is 65.2 cm³/mol. The second-order valence-electron chi connectivity index (χ2n) is 4.22. The summed E-state index contributed by atoms with van der Waals surface area (Å²) in [5.41, 5.74) is 2.46. The normalized spacial score (nSPS) is 14.7. The Balaban J connectivity index is 2.33. The molecule has 1 aromatic carbocycles. The average Bonchev–Trinajstić information content (AvgIpc) is 2.57. The number of nitrogens with one attached hydrogen (secondary N) is 1. The lowest BCUT2D eigenvalue weighted by molar-refractivity contribution is -0.134. The summed E-state index contributed by atoms with van der Waals surface area (Å²) in [6.45, 7) is 3.64. The van der Waals surface area contributed by atoms with Gasteiger partial charge in [-0.2, -0.15) is 0 Å². The van der Waals surface area contributed by atoms with Crippen LogP contribution in [0.2, 0.25) is 0 Å². The monoisotopic (exact) mass is 247 g/mol. The number of hydrogen-bond acceptors (Lipinski definition) is 4. The van der Waals surface area contributed by atoms with E-state index in [0.29, 0.717) is 5.69 Å². The molecule has 0 spiro atoms. The van der Waals surface area contributed by atoms with E-state index in [0.717, 1.165) is 11.1 Å². The number of carboxylic acid groups (broad SMARTS) is 1. The lowest BCUT2D eigenvalue weighted by Gasteiger charge is -2.09. The van der Waals surface area contributed by atoms with Gasteiger partial charge < -0.3 is 15.2 Å². The molecule has 0 amide bonds. The first kappa shape index (κ1) is 12.2. The first-order valence-electron chi connectivity index (χ1n) is 5.46. The maximum absolute atomic E-state index is 11.3. The van der Waals surface area contributed by atoms with Crippen molar-refractivity contribution >= 4 is 17.4 Å². The molecule has 0 atom stereocenters. The van der Waals surface area contributed by atoms with Gasteiger partial charge >= 0.3 is 5.97 Å². The zero-order valence-electron chi connectivity index (χ0n) is 10.1. The van der Waals surface area contributed by atoms with E-state index >= 15 is 0 Å². The summed E-state index contributed by atoms with van der Waals surface area (Å²) in [7, 11) is 0. The van der Waals surface area contributed by atoms with Crippen LogP contribution in [0.15, 0.2) is 29.7 Å². The Morgan fingerprint density at radius 2 is 1.89 bits per heavy atom. The fourth-order valence-corrected chi connectivity index (χ4v) is 1.90. The topological polar surface area (TPSA) is 75.6 Å². The van der Waals surface area contributed by atoms with Crippen molar-refractivity contribution < 1.29 is 19.4 Å². The van der Waals surface area contributed by atoms with Gasteiger partial charge in [0.2, 0.25) is 11.7 Å². The van der Waals surface area contributed by atoms with Gasteiger partial charge in [0.15, 0.2) is 12.2 Å². The second-order valence-corrected chi connectivity index (χ2v) is 4.22. The summed E-state index contributed by atoms with van der Waals surface area (Å²) < 4.78 is 5.06. The molecular weight excluding hydrogens is 234 g/mol. The number of anilines is 1. The summed E-state index contributed by atoms with van der Waals surface area (Å²) >= 11 is 0. The quantitative estimate of drug-likeness (QED) is 0.794. The first-order valence-corrected chi connectivity index (χ1v) is 5.46. The summed E-state index contributed by atoms with van der Waals surface area (Å²) in [5.74, 6) is -1.78. The largest absolute Gasteiger partial charge is 0.477 e. The average molecular weight is 247 g/mol. The molecule has 2 N–H and O–H groups in total. The van der Waals surface area contributed by atoms with Crippen LogP contribution in [0.25, 0.3) is 0 Å². The molecule has 0 fully saturated rings. The number of Topliss-reactive ketones (excluding diaryl/α,β-unsaturated/α-hetero) is 1. The van der Waals surface area contributed by atoms with Gasteiger partial charge in [-0.1, -0.05) is 6.07 Å². The number of aryl methyl sites for hydroxylation is 2. The lowest BCUT2D eigenvalue weighted by atomic mass is 10.1. The fraction of sp³-hybridized carbons (Fsp3) is 0.231. The van der Waals surface area contributed by atoms with Gasteiger partial charge in [-0.25, -0.2) is 4.79 Å². The van der Waals surface area contributed by atoms with Gasteiger partial charge in [0.25, 0.3) is 0 Å². The van der Waals surface area contributed by atoms with Crippen molar-refractivity contribution in [3.05, 3.63) is 40.8 Å². The minimum absolute atomic E-state index is 0.0116. The molecule has 0 unspecified atom stereocenters. The molecular formula is C13H13NO4. The van der Waals surface area contributed by atoms with E-state index < -0.39 is 11.8 Å². The molecule has 0 bridgehead atoms. The molecule has 1 heterocycles. The minimum atomic E-state index is -1.27. The summed E-state index contributed by atoms with van der Waals surface area (Å²) in [5, 5.41) is 11.8. The van der Waals surface area contributed by atoms with Crippen LogP contribution in [-0.2, 0) is 14.3 Å². The smallest absolute Gasteiger partial charge is 0.344 e. The van der Waals surface area contributed by atoms with E-state index in [2.05, 4.69) is 5.32 Å². The second kappa shape index (κ2) is 4.52. The molecule has 0 saturated carbocycles. The Kier molecular flexibility index (Phi) is 3.06. The molecule has 0 aromatic heterocycles. The third kappa shape index (κ3) is 2.34. The number of carboxylic acids is 1. The Morgan fingerprint density at radius 3 is 2.44 bits per heavy atom. The molecule has 5 heteroatoms. The van der Waals surface area contributed by atoms with E-state index in [9.17, 15) is 9.59 Å². The van der Waals surface area contributed by atoms with E-state index in [1.165, 1.54) is 0 Å². The number of aliphatic carboxylic acids is 1. The van der Waals surface area contributed by atoms with Crippen molar-refractivity contribution in [3.63, 3.8) is 0 Å². The van der Waals surface area contributed by atoms with E-state index in [1.807, 2.05) is 32.0 Å². The van der Waals surface area contributed by atoms with Crippen LogP contribution >= 0.6 is 0 Å². The molecule has 1 aliphatic heterocycles. The van der Waals surface area contributed by atoms with E-state index in [-0.39, 0.29) is 18.1 Å². The molecule has 18 heavy (non-hydrogen) atoms. The molecule has 0 saturated heterocycles. The zero-order valence-corrected chi connectivity index (χ0v) is 10.1. The van der Waals surface area contributed by atoms with Crippen LogP contribution in [-0.4, -0.2) is 23.5 Å². The lowest BCUT2D eigenvalue weighted by Crippen LogP contribution is -2.12. The number of carbonyl (C=O) groups excluding carboxylic acids is 1. The summed E-state index contributed by atoms with van der Waals surface area (Å²) in [6.07, 6.45) is 0. The number of benzene rings is 1. The van der Waals surface area contributed by atoms with Crippen LogP contribution in [0.5, 0.6) is 0 Å². The number of carbonyl (C=O) groups is 2. The van der Waals surface area contributed by atoms with Crippen molar-refractivity contribution in [2.24, 2.45) is 0 Å². The minimum Gasteiger partial charge on any atom is -0.477 e. The number of ether oxygens (including phenoxy) is 1. The van der Waals surface area contributed by atoms with Crippen LogP contribution in [0.4, 0.5) is 5.69 Å². The van der Waals surface area contributed by atoms with Gasteiger partial charge in [-0.15, -0.1) is 0 Å². The predicted octanol–water partition coefficient (Wildman–Crippen LogP) is 1.61. The van der Waals surface area contributed by atoms with Gasteiger partial charge in [0.1, 0.15) is 0 Å². The molecule has 1 aromatic rings. The number of rotatable bonds is 3. The Bertz CT molecular complexity index is 540. The molecule has 0 radical (unpaired) electrons. The fourth-order valence-electron chi connectivity index (χ4n) is 1.90. The van der Waals surface area contributed by atoms with Crippen LogP contribution < -0.4 is 5.32 Å². The summed E-state index contributed by atoms with van der Waals surface area (Å²) in [6, 6.07) is 5.70.